The van der Waals surface area contributed by atoms with E-state index in [1.807, 2.05) is 18.2 Å². The van der Waals surface area contributed by atoms with Gasteiger partial charge in [0, 0.05) is 10.7 Å². The van der Waals surface area contributed by atoms with Gasteiger partial charge in [0.2, 0.25) is 5.95 Å². The predicted octanol–water partition coefficient (Wildman–Crippen LogP) is 5.15. The molecule has 0 radical (unpaired) electrons. The Labute approximate surface area is 197 Å². The number of hydrogen-bond donors (Lipinski definition) is 1. The van der Waals surface area contributed by atoms with E-state index in [4.69, 9.17) is 11.6 Å². The fourth-order valence-corrected chi connectivity index (χ4v) is 3.69. The van der Waals surface area contributed by atoms with Crippen molar-refractivity contribution < 1.29 is 13.2 Å². The van der Waals surface area contributed by atoms with E-state index in [0.717, 1.165) is 28.7 Å². The van der Waals surface area contributed by atoms with Crippen molar-refractivity contribution in [3.63, 3.8) is 0 Å². The summed E-state index contributed by atoms with van der Waals surface area (Å²) in [5.41, 5.74) is -0.640. The molecule has 0 saturated heterocycles. The fraction of sp³-hybridized carbons (Fsp3) is 0.208. The summed E-state index contributed by atoms with van der Waals surface area (Å²) >= 11 is 5.91. The van der Waals surface area contributed by atoms with Gasteiger partial charge < -0.3 is 5.32 Å². The van der Waals surface area contributed by atoms with E-state index in [1.165, 1.54) is 16.7 Å². The van der Waals surface area contributed by atoms with Gasteiger partial charge in [-0.05, 0) is 54.3 Å². The average molecular weight is 489 g/mol. The maximum absolute atomic E-state index is 13.4. The number of rotatable bonds is 6. The standard InChI is InChI=1S/C24H20ClF3N4O2/c25-19-11-9-17(10-12-19)15-32-22(33)30-21(29-20-8-4-7-18(13-20)24(26,27)28)31(23(32)34)14-16-5-2-1-3-6-16/h1-2,4-5,7-13H,3,6,14-15H2,(H,29,30,33). The third-order valence-electron chi connectivity index (χ3n) is 5.31. The minimum Gasteiger partial charge on any atom is -0.325 e. The van der Waals surface area contributed by atoms with E-state index < -0.39 is 23.1 Å². The molecular weight excluding hydrogens is 469 g/mol. The fourth-order valence-electron chi connectivity index (χ4n) is 3.56. The predicted molar refractivity (Wildman–Crippen MR) is 124 cm³/mol. The number of alkyl halides is 3. The molecule has 0 atom stereocenters. The van der Waals surface area contributed by atoms with Crippen LogP contribution in [0.15, 0.2) is 81.9 Å². The van der Waals surface area contributed by atoms with Crippen molar-refractivity contribution >= 4 is 23.2 Å². The summed E-state index contributed by atoms with van der Waals surface area (Å²) in [6, 6.07) is 11.2. The van der Waals surface area contributed by atoms with Crippen LogP contribution in [0.2, 0.25) is 5.02 Å². The third kappa shape index (κ3) is 5.48. The SMILES string of the molecule is O=c1nc(Nc2cccc(C(F)(F)F)c2)n(CC2=CC=CCC2)c(=O)n1Cc1ccc(Cl)cc1. The first-order chi connectivity index (χ1) is 16.2. The molecule has 2 aromatic carbocycles. The second-order valence-corrected chi connectivity index (χ2v) is 8.23. The van der Waals surface area contributed by atoms with Gasteiger partial charge in [-0.25, -0.2) is 14.2 Å². The minimum atomic E-state index is -4.54. The summed E-state index contributed by atoms with van der Waals surface area (Å²) in [6.07, 6.45) is 2.72. The Hall–Kier alpha value is -3.59. The molecule has 1 heterocycles. The van der Waals surface area contributed by atoms with Crippen molar-refractivity contribution in [1.29, 1.82) is 0 Å². The number of halogens is 4. The molecule has 1 N–H and O–H groups in total. The topological polar surface area (TPSA) is 68.9 Å². The molecule has 0 fully saturated rings. The van der Waals surface area contributed by atoms with E-state index in [1.54, 1.807) is 24.3 Å². The lowest BCUT2D eigenvalue weighted by Gasteiger charge is -2.18. The summed E-state index contributed by atoms with van der Waals surface area (Å²) < 4.78 is 41.7. The highest BCUT2D eigenvalue weighted by molar-refractivity contribution is 6.30. The number of benzene rings is 2. The molecule has 0 amide bonds. The first kappa shape index (κ1) is 23.6. The first-order valence-corrected chi connectivity index (χ1v) is 10.8. The number of anilines is 2. The van der Waals surface area contributed by atoms with Gasteiger partial charge in [0.25, 0.3) is 0 Å². The summed E-state index contributed by atoms with van der Waals surface area (Å²) in [5, 5.41) is 3.25. The second kappa shape index (κ2) is 9.72. The molecular formula is C24H20ClF3N4O2. The van der Waals surface area contributed by atoms with Crippen LogP contribution in [0.25, 0.3) is 0 Å². The molecule has 0 unspecified atom stereocenters. The quantitative estimate of drug-likeness (QED) is 0.521. The van der Waals surface area contributed by atoms with E-state index >= 15 is 0 Å². The third-order valence-corrected chi connectivity index (χ3v) is 5.56. The summed E-state index contributed by atoms with van der Waals surface area (Å²) in [4.78, 5) is 30.1. The number of aromatic nitrogens is 3. The molecule has 6 nitrogen and oxygen atoms in total. The zero-order chi connectivity index (χ0) is 24.3. The van der Waals surface area contributed by atoms with Crippen LogP contribution < -0.4 is 16.7 Å². The molecule has 0 aliphatic heterocycles. The largest absolute Gasteiger partial charge is 0.416 e. The van der Waals surface area contributed by atoms with Gasteiger partial charge in [-0.15, -0.1) is 0 Å². The summed E-state index contributed by atoms with van der Waals surface area (Å²) in [7, 11) is 0. The molecule has 0 saturated carbocycles. The highest BCUT2D eigenvalue weighted by Crippen LogP contribution is 2.31. The Morgan fingerprint density at radius 2 is 1.79 bits per heavy atom. The molecule has 0 spiro atoms. The van der Waals surface area contributed by atoms with Crippen molar-refractivity contribution in [2.45, 2.75) is 32.1 Å². The molecule has 0 bridgehead atoms. The highest BCUT2D eigenvalue weighted by atomic mass is 35.5. The van der Waals surface area contributed by atoms with Crippen molar-refractivity contribution in [1.82, 2.24) is 14.1 Å². The van der Waals surface area contributed by atoms with Gasteiger partial charge >= 0.3 is 17.6 Å². The minimum absolute atomic E-state index is 0.0232. The smallest absolute Gasteiger partial charge is 0.325 e. The Morgan fingerprint density at radius 1 is 1.03 bits per heavy atom. The Balaban J connectivity index is 1.76. The lowest BCUT2D eigenvalue weighted by Crippen LogP contribution is -2.43. The van der Waals surface area contributed by atoms with E-state index in [9.17, 15) is 22.8 Å². The van der Waals surface area contributed by atoms with Gasteiger partial charge in [0.1, 0.15) is 0 Å². The zero-order valence-electron chi connectivity index (χ0n) is 17.8. The molecule has 1 aliphatic carbocycles. The van der Waals surface area contributed by atoms with E-state index in [2.05, 4.69) is 10.3 Å². The average Bonchev–Trinajstić information content (AvgIpc) is 2.81. The maximum Gasteiger partial charge on any atom is 0.416 e. The molecule has 3 aromatic rings. The van der Waals surface area contributed by atoms with Crippen LogP contribution in [0.4, 0.5) is 24.8 Å². The Morgan fingerprint density at radius 3 is 2.47 bits per heavy atom. The molecule has 1 aromatic heterocycles. The molecule has 176 valence electrons. The Bertz CT molecular complexity index is 1370. The number of hydrogen-bond acceptors (Lipinski definition) is 4. The van der Waals surface area contributed by atoms with Crippen molar-refractivity contribution in [3.8, 4) is 0 Å². The molecule has 1 aliphatic rings. The number of nitrogens with zero attached hydrogens (tertiary/aromatic N) is 3. The van der Waals surface area contributed by atoms with Crippen LogP contribution in [-0.2, 0) is 19.3 Å². The molecule has 34 heavy (non-hydrogen) atoms. The van der Waals surface area contributed by atoms with Crippen LogP contribution in [0.1, 0.15) is 24.0 Å². The maximum atomic E-state index is 13.4. The lowest BCUT2D eigenvalue weighted by atomic mass is 10.1. The zero-order valence-corrected chi connectivity index (χ0v) is 18.6. The van der Waals surface area contributed by atoms with E-state index in [0.29, 0.717) is 17.0 Å². The first-order valence-electron chi connectivity index (χ1n) is 10.5. The second-order valence-electron chi connectivity index (χ2n) is 7.79. The molecule has 4 rings (SSSR count). The normalized spacial score (nSPS) is 13.6. The van der Waals surface area contributed by atoms with Crippen LogP contribution >= 0.6 is 11.6 Å². The summed E-state index contributed by atoms with van der Waals surface area (Å²) in [6.45, 7) is 0.114. The van der Waals surface area contributed by atoms with Crippen molar-refractivity contribution in [3.05, 3.63) is 109 Å². The van der Waals surface area contributed by atoms with Crippen LogP contribution in [0, 0.1) is 0 Å². The van der Waals surface area contributed by atoms with Crippen LogP contribution in [-0.4, -0.2) is 14.1 Å². The van der Waals surface area contributed by atoms with Gasteiger partial charge in [0.15, 0.2) is 0 Å². The van der Waals surface area contributed by atoms with Crippen LogP contribution in [0.3, 0.4) is 0 Å². The lowest BCUT2D eigenvalue weighted by molar-refractivity contribution is -0.137. The summed E-state index contributed by atoms with van der Waals surface area (Å²) in [5.74, 6) is -0.128. The van der Waals surface area contributed by atoms with Crippen molar-refractivity contribution in [2.24, 2.45) is 0 Å². The number of allylic oxidation sites excluding steroid dienone is 4. The monoisotopic (exact) mass is 488 g/mol. The van der Waals surface area contributed by atoms with Gasteiger partial charge in [0.05, 0.1) is 18.7 Å². The van der Waals surface area contributed by atoms with Gasteiger partial charge in [-0.3, -0.25) is 4.57 Å². The molecule has 10 heteroatoms. The highest BCUT2D eigenvalue weighted by Gasteiger charge is 2.30. The number of nitrogens with one attached hydrogen (secondary N) is 1. The van der Waals surface area contributed by atoms with Crippen molar-refractivity contribution in [2.75, 3.05) is 5.32 Å². The van der Waals surface area contributed by atoms with Gasteiger partial charge in [-0.1, -0.05) is 48.0 Å². The van der Waals surface area contributed by atoms with Crippen LogP contribution in [0.5, 0.6) is 0 Å². The van der Waals surface area contributed by atoms with Gasteiger partial charge in [-0.2, -0.15) is 18.2 Å². The Kier molecular flexibility index (Phi) is 6.74. The van der Waals surface area contributed by atoms with E-state index in [-0.39, 0.29) is 24.7 Å².